The van der Waals surface area contributed by atoms with Gasteiger partial charge in [-0.15, -0.1) is 0 Å². The van der Waals surface area contributed by atoms with Crippen molar-refractivity contribution in [1.82, 2.24) is 19.1 Å². The Kier molecular flexibility index (Phi) is 8.13. The van der Waals surface area contributed by atoms with E-state index in [-0.39, 0.29) is 61.8 Å². The molecule has 1 saturated heterocycles. The molecule has 2 aromatic rings. The number of nitrogens with zero attached hydrogens (tertiary/aromatic N) is 4. The van der Waals surface area contributed by atoms with Crippen molar-refractivity contribution in [2.75, 3.05) is 51.6 Å². The minimum Gasteiger partial charge on any atom is -0.339 e. The number of nitrogens with one attached hydrogen (secondary N) is 1. The summed E-state index contributed by atoms with van der Waals surface area (Å²) in [5, 5.41) is 2.71. The van der Waals surface area contributed by atoms with Gasteiger partial charge in [-0.2, -0.15) is 4.31 Å². The van der Waals surface area contributed by atoms with E-state index in [9.17, 15) is 22.8 Å². The van der Waals surface area contributed by atoms with Crippen LogP contribution < -0.4 is 5.32 Å². The van der Waals surface area contributed by atoms with Crippen LogP contribution in [0, 0.1) is 6.92 Å². The lowest BCUT2D eigenvalue weighted by molar-refractivity contribution is -0.133. The largest absolute Gasteiger partial charge is 0.339 e. The number of ketones is 1. The van der Waals surface area contributed by atoms with E-state index in [1.165, 1.54) is 35.5 Å². The highest BCUT2D eigenvalue weighted by Gasteiger charge is 2.30. The number of aromatic nitrogens is 1. The topological polar surface area (TPSA) is 120 Å². The van der Waals surface area contributed by atoms with Crippen LogP contribution in [0.5, 0.6) is 0 Å². The standard InChI is InChI=1S/C23H29N5O5S/c1-17-8-9-24-21(14-17)25-22(30)15-26(3)16-23(31)27-10-12-28(13-11-27)34(32,33)20-6-4-19(5-7-20)18(2)29/h4-9,14H,10-13,15-16H2,1-3H3,(H,24,25,30). The molecule has 1 aromatic carbocycles. The molecule has 1 aliphatic rings. The Labute approximate surface area is 199 Å². The summed E-state index contributed by atoms with van der Waals surface area (Å²) in [7, 11) is -2.04. The van der Waals surface area contributed by atoms with E-state index in [0.717, 1.165) is 5.56 Å². The van der Waals surface area contributed by atoms with Crippen molar-refractivity contribution in [3.63, 3.8) is 0 Å². The average molecular weight is 488 g/mol. The van der Waals surface area contributed by atoms with Crippen LogP contribution >= 0.6 is 0 Å². The minimum absolute atomic E-state index is 0.0198. The first kappa shape index (κ1) is 25.5. The van der Waals surface area contributed by atoms with Gasteiger partial charge in [0.1, 0.15) is 5.82 Å². The van der Waals surface area contributed by atoms with Gasteiger partial charge in [-0.3, -0.25) is 19.3 Å². The van der Waals surface area contributed by atoms with Crippen LogP contribution in [-0.2, 0) is 19.6 Å². The third-order valence-corrected chi connectivity index (χ3v) is 7.40. The molecule has 2 amide bonds. The Morgan fingerprint density at radius 1 is 1.03 bits per heavy atom. The van der Waals surface area contributed by atoms with E-state index in [2.05, 4.69) is 10.3 Å². The molecule has 34 heavy (non-hydrogen) atoms. The lowest BCUT2D eigenvalue weighted by atomic mass is 10.2. The van der Waals surface area contributed by atoms with Crippen molar-refractivity contribution in [3.05, 3.63) is 53.7 Å². The molecule has 2 heterocycles. The van der Waals surface area contributed by atoms with Crippen molar-refractivity contribution in [2.24, 2.45) is 0 Å². The van der Waals surface area contributed by atoms with Gasteiger partial charge in [0.2, 0.25) is 21.8 Å². The molecule has 1 fully saturated rings. The molecule has 0 saturated carbocycles. The maximum Gasteiger partial charge on any atom is 0.243 e. The number of carbonyl (C=O) groups is 3. The minimum atomic E-state index is -3.71. The van der Waals surface area contributed by atoms with Crippen LogP contribution in [0.4, 0.5) is 5.82 Å². The van der Waals surface area contributed by atoms with Gasteiger partial charge < -0.3 is 10.2 Å². The molecule has 1 aliphatic heterocycles. The van der Waals surface area contributed by atoms with Gasteiger partial charge in [0.15, 0.2) is 5.78 Å². The Bertz CT molecular complexity index is 1160. The van der Waals surface area contributed by atoms with E-state index in [4.69, 9.17) is 0 Å². The van der Waals surface area contributed by atoms with E-state index < -0.39 is 10.0 Å². The van der Waals surface area contributed by atoms with Crippen molar-refractivity contribution in [2.45, 2.75) is 18.7 Å². The highest BCUT2D eigenvalue weighted by Crippen LogP contribution is 2.18. The molecule has 182 valence electrons. The number of aryl methyl sites for hydroxylation is 1. The molecule has 1 aromatic heterocycles. The van der Waals surface area contributed by atoms with Gasteiger partial charge in [-0.05, 0) is 50.7 Å². The normalized spacial score (nSPS) is 14.8. The van der Waals surface area contributed by atoms with Gasteiger partial charge in [0.25, 0.3) is 0 Å². The number of amides is 2. The molecule has 0 aliphatic carbocycles. The lowest BCUT2D eigenvalue weighted by Crippen LogP contribution is -2.52. The summed E-state index contributed by atoms with van der Waals surface area (Å²) in [5.74, 6) is -0.129. The molecular weight excluding hydrogens is 458 g/mol. The molecule has 1 N–H and O–H groups in total. The maximum absolute atomic E-state index is 12.9. The average Bonchev–Trinajstić information content (AvgIpc) is 2.79. The number of rotatable bonds is 8. The number of pyridine rings is 1. The molecule has 0 radical (unpaired) electrons. The Hall–Kier alpha value is -3.15. The van der Waals surface area contributed by atoms with Gasteiger partial charge in [0, 0.05) is 37.9 Å². The van der Waals surface area contributed by atoms with Gasteiger partial charge in [0.05, 0.1) is 18.0 Å². The molecule has 11 heteroatoms. The number of benzene rings is 1. The fourth-order valence-electron chi connectivity index (χ4n) is 3.61. The summed E-state index contributed by atoms with van der Waals surface area (Å²) in [4.78, 5) is 43.7. The fourth-order valence-corrected chi connectivity index (χ4v) is 5.03. The van der Waals surface area contributed by atoms with E-state index >= 15 is 0 Å². The molecule has 0 unspecified atom stereocenters. The van der Waals surface area contributed by atoms with E-state index in [1.54, 1.807) is 29.1 Å². The van der Waals surface area contributed by atoms with Crippen LogP contribution in [0.3, 0.4) is 0 Å². The zero-order valence-electron chi connectivity index (χ0n) is 19.5. The molecule has 10 nitrogen and oxygen atoms in total. The molecular formula is C23H29N5O5S. The third-order valence-electron chi connectivity index (χ3n) is 5.49. The zero-order chi connectivity index (χ0) is 24.9. The summed E-state index contributed by atoms with van der Waals surface area (Å²) in [6, 6.07) is 9.43. The van der Waals surface area contributed by atoms with Gasteiger partial charge in [-0.1, -0.05) is 12.1 Å². The molecule has 0 atom stereocenters. The number of hydrogen-bond donors (Lipinski definition) is 1. The third kappa shape index (κ3) is 6.46. The van der Waals surface area contributed by atoms with Crippen LogP contribution in [0.2, 0.25) is 0 Å². The van der Waals surface area contributed by atoms with Crippen molar-refractivity contribution in [3.8, 4) is 0 Å². The Morgan fingerprint density at radius 3 is 2.26 bits per heavy atom. The quantitative estimate of drug-likeness (QED) is 0.552. The Morgan fingerprint density at radius 2 is 1.68 bits per heavy atom. The van der Waals surface area contributed by atoms with Crippen molar-refractivity contribution >= 4 is 33.4 Å². The van der Waals surface area contributed by atoms with Crippen molar-refractivity contribution < 1.29 is 22.8 Å². The predicted octanol–water partition coefficient (Wildman–Crippen LogP) is 0.996. The van der Waals surface area contributed by atoms with E-state index in [0.29, 0.717) is 11.4 Å². The maximum atomic E-state index is 12.9. The van der Waals surface area contributed by atoms with E-state index in [1.807, 2.05) is 13.0 Å². The first-order chi connectivity index (χ1) is 16.1. The number of sulfonamides is 1. The highest BCUT2D eigenvalue weighted by atomic mass is 32.2. The fraction of sp³-hybridized carbons (Fsp3) is 0.391. The summed E-state index contributed by atoms with van der Waals surface area (Å²) >= 11 is 0. The summed E-state index contributed by atoms with van der Waals surface area (Å²) in [5.41, 5.74) is 1.42. The second-order valence-electron chi connectivity index (χ2n) is 8.30. The predicted molar refractivity (Wildman–Crippen MR) is 127 cm³/mol. The smallest absolute Gasteiger partial charge is 0.243 e. The summed E-state index contributed by atoms with van der Waals surface area (Å²) in [6.45, 7) is 4.24. The summed E-state index contributed by atoms with van der Waals surface area (Å²) < 4.78 is 27.1. The number of Topliss-reactive ketones (excluding diaryl/α,β-unsaturated/α-hetero) is 1. The van der Waals surface area contributed by atoms with Crippen LogP contribution in [0.1, 0.15) is 22.8 Å². The number of piperazine rings is 1. The van der Waals surface area contributed by atoms with Gasteiger partial charge >= 0.3 is 0 Å². The molecule has 0 spiro atoms. The monoisotopic (exact) mass is 487 g/mol. The number of likely N-dealkylation sites (N-methyl/N-ethyl adjacent to an activating group) is 1. The second kappa shape index (κ2) is 10.9. The van der Waals surface area contributed by atoms with Gasteiger partial charge in [-0.25, -0.2) is 13.4 Å². The van der Waals surface area contributed by atoms with Crippen molar-refractivity contribution in [1.29, 1.82) is 0 Å². The second-order valence-corrected chi connectivity index (χ2v) is 10.2. The SMILES string of the molecule is CC(=O)c1ccc(S(=O)(=O)N2CCN(C(=O)CN(C)CC(=O)Nc3cc(C)ccn3)CC2)cc1. The zero-order valence-corrected chi connectivity index (χ0v) is 20.3. The first-order valence-corrected chi connectivity index (χ1v) is 12.3. The summed E-state index contributed by atoms with van der Waals surface area (Å²) in [6.07, 6.45) is 1.61. The lowest BCUT2D eigenvalue weighted by Gasteiger charge is -2.34. The Balaban J connectivity index is 1.49. The number of anilines is 1. The van der Waals surface area contributed by atoms with Crippen LogP contribution in [0.15, 0.2) is 47.5 Å². The van der Waals surface area contributed by atoms with Crippen LogP contribution in [-0.4, -0.2) is 91.4 Å². The first-order valence-electron chi connectivity index (χ1n) is 10.9. The highest BCUT2D eigenvalue weighted by molar-refractivity contribution is 7.89. The number of carbonyl (C=O) groups excluding carboxylic acids is 3. The molecule has 3 rings (SSSR count). The number of hydrogen-bond acceptors (Lipinski definition) is 7. The molecule has 0 bridgehead atoms. The van der Waals surface area contributed by atoms with Crippen LogP contribution in [0.25, 0.3) is 0 Å².